The summed E-state index contributed by atoms with van der Waals surface area (Å²) in [5, 5.41) is 10.2. The number of nitrogens with zero attached hydrogens (tertiary/aromatic N) is 3. The van der Waals surface area contributed by atoms with Crippen LogP contribution in [-0.4, -0.2) is 33.3 Å². The van der Waals surface area contributed by atoms with Gasteiger partial charge in [-0.1, -0.05) is 6.92 Å². The first-order valence-corrected chi connectivity index (χ1v) is 7.18. The molecule has 7 nitrogen and oxygen atoms in total. The molecular formula is C14H22N6O. The van der Waals surface area contributed by atoms with Crippen molar-refractivity contribution in [2.24, 2.45) is 0 Å². The second-order valence-corrected chi connectivity index (χ2v) is 4.84. The van der Waals surface area contributed by atoms with E-state index in [1.165, 1.54) is 11.9 Å². The van der Waals surface area contributed by atoms with Crippen LogP contribution >= 0.6 is 0 Å². The molecular weight excluding hydrogens is 268 g/mol. The van der Waals surface area contributed by atoms with Crippen molar-refractivity contribution in [2.45, 2.75) is 33.1 Å². The Bertz CT molecular complexity index is 568. The van der Waals surface area contributed by atoms with Gasteiger partial charge < -0.3 is 15.8 Å². The minimum Gasteiger partial charge on any atom is -0.476 e. The molecule has 0 aromatic carbocycles. The van der Waals surface area contributed by atoms with Gasteiger partial charge in [-0.3, -0.25) is 5.10 Å². The molecule has 0 spiro atoms. The molecule has 0 aliphatic carbocycles. The predicted molar refractivity (Wildman–Crippen MR) is 82.4 cm³/mol. The summed E-state index contributed by atoms with van der Waals surface area (Å²) in [6.07, 6.45) is 6.17. The van der Waals surface area contributed by atoms with Gasteiger partial charge in [-0.2, -0.15) is 10.1 Å². The number of hydrogen-bond donors (Lipinski definition) is 3. The highest BCUT2D eigenvalue weighted by atomic mass is 16.5. The summed E-state index contributed by atoms with van der Waals surface area (Å²) < 4.78 is 5.48. The molecule has 21 heavy (non-hydrogen) atoms. The van der Waals surface area contributed by atoms with Crippen molar-refractivity contribution in [3.05, 3.63) is 23.8 Å². The lowest BCUT2D eigenvalue weighted by molar-refractivity contribution is 0.306. The molecule has 114 valence electrons. The van der Waals surface area contributed by atoms with E-state index in [2.05, 4.69) is 25.5 Å². The zero-order valence-electron chi connectivity index (χ0n) is 12.5. The van der Waals surface area contributed by atoms with Gasteiger partial charge in [0.2, 0.25) is 5.88 Å². The zero-order valence-corrected chi connectivity index (χ0v) is 12.5. The molecule has 0 saturated heterocycles. The molecule has 2 aromatic rings. The van der Waals surface area contributed by atoms with E-state index in [0.717, 1.165) is 31.5 Å². The van der Waals surface area contributed by atoms with E-state index in [1.54, 1.807) is 0 Å². The zero-order chi connectivity index (χ0) is 15.1. The maximum absolute atomic E-state index is 6.00. The summed E-state index contributed by atoms with van der Waals surface area (Å²) >= 11 is 0. The van der Waals surface area contributed by atoms with E-state index in [0.29, 0.717) is 24.0 Å². The first kappa shape index (κ1) is 15.1. The molecule has 0 aliphatic heterocycles. The fraction of sp³-hybridized carbons (Fsp3) is 0.500. The largest absolute Gasteiger partial charge is 0.476 e. The molecule has 0 fully saturated rings. The SMILES string of the molecule is CCCOc1ncnc(NCCCc2cn[nH]c2C)c1N. The molecule has 0 aliphatic rings. The number of aromatic amines is 1. The van der Waals surface area contributed by atoms with Crippen molar-refractivity contribution in [1.29, 1.82) is 0 Å². The summed E-state index contributed by atoms with van der Waals surface area (Å²) in [5.74, 6) is 1.07. The molecule has 0 bridgehead atoms. The molecule has 0 saturated carbocycles. The Balaban J connectivity index is 1.84. The lowest BCUT2D eigenvalue weighted by atomic mass is 10.1. The number of nitrogens with one attached hydrogen (secondary N) is 2. The average molecular weight is 290 g/mol. The minimum atomic E-state index is 0.444. The van der Waals surface area contributed by atoms with Crippen molar-refractivity contribution in [2.75, 3.05) is 24.2 Å². The third kappa shape index (κ3) is 4.08. The fourth-order valence-corrected chi connectivity index (χ4v) is 1.95. The number of aromatic nitrogens is 4. The molecule has 0 amide bonds. The van der Waals surface area contributed by atoms with Crippen LogP contribution < -0.4 is 15.8 Å². The van der Waals surface area contributed by atoms with Crippen molar-refractivity contribution in [3.8, 4) is 5.88 Å². The Labute approximate surface area is 124 Å². The van der Waals surface area contributed by atoms with E-state index >= 15 is 0 Å². The first-order valence-electron chi connectivity index (χ1n) is 7.18. The van der Waals surface area contributed by atoms with Gasteiger partial charge in [0.1, 0.15) is 12.0 Å². The van der Waals surface area contributed by atoms with Crippen LogP contribution in [0.25, 0.3) is 0 Å². The highest BCUT2D eigenvalue weighted by Gasteiger charge is 2.08. The first-order chi connectivity index (χ1) is 10.2. The third-order valence-corrected chi connectivity index (χ3v) is 3.14. The van der Waals surface area contributed by atoms with Crippen LogP contribution in [0.2, 0.25) is 0 Å². The van der Waals surface area contributed by atoms with Crippen LogP contribution in [0.15, 0.2) is 12.5 Å². The molecule has 0 atom stereocenters. The quantitative estimate of drug-likeness (QED) is 0.642. The van der Waals surface area contributed by atoms with Gasteiger partial charge in [0.05, 0.1) is 12.8 Å². The molecule has 7 heteroatoms. The molecule has 2 heterocycles. The van der Waals surface area contributed by atoms with Gasteiger partial charge in [0.15, 0.2) is 5.82 Å². The van der Waals surface area contributed by atoms with Crippen LogP contribution in [0, 0.1) is 6.92 Å². The van der Waals surface area contributed by atoms with Gasteiger partial charge >= 0.3 is 0 Å². The van der Waals surface area contributed by atoms with Gasteiger partial charge in [0.25, 0.3) is 0 Å². The standard InChI is InChI=1S/C14H22N6O/c1-3-7-21-14-12(15)13(17-9-18-14)16-6-4-5-11-8-19-20-10(11)2/h8-9H,3-7,15H2,1-2H3,(H,19,20)(H,16,17,18). The number of ether oxygens (including phenoxy) is 1. The van der Waals surface area contributed by atoms with E-state index in [9.17, 15) is 0 Å². The van der Waals surface area contributed by atoms with E-state index < -0.39 is 0 Å². The number of nitrogens with two attached hydrogens (primary N) is 1. The van der Waals surface area contributed by atoms with Crippen LogP contribution in [0.3, 0.4) is 0 Å². The van der Waals surface area contributed by atoms with Gasteiger partial charge in [-0.25, -0.2) is 4.98 Å². The lowest BCUT2D eigenvalue weighted by Gasteiger charge is -2.11. The van der Waals surface area contributed by atoms with Crippen LogP contribution in [-0.2, 0) is 6.42 Å². The molecule has 2 aromatic heterocycles. The number of rotatable bonds is 8. The monoisotopic (exact) mass is 290 g/mol. The number of aryl methyl sites for hydroxylation is 2. The lowest BCUT2D eigenvalue weighted by Crippen LogP contribution is -2.10. The number of H-pyrrole nitrogens is 1. The Morgan fingerprint density at radius 2 is 2.24 bits per heavy atom. The molecule has 0 unspecified atom stereocenters. The normalized spacial score (nSPS) is 10.6. The molecule has 2 rings (SSSR count). The van der Waals surface area contributed by atoms with E-state index in [4.69, 9.17) is 10.5 Å². The third-order valence-electron chi connectivity index (χ3n) is 3.14. The van der Waals surface area contributed by atoms with Gasteiger partial charge in [0, 0.05) is 12.2 Å². The number of nitrogen functional groups attached to an aromatic ring is 1. The highest BCUT2D eigenvalue weighted by molar-refractivity contribution is 5.66. The molecule has 0 radical (unpaired) electrons. The summed E-state index contributed by atoms with van der Waals surface area (Å²) in [4.78, 5) is 8.20. The Morgan fingerprint density at radius 1 is 1.38 bits per heavy atom. The summed E-state index contributed by atoms with van der Waals surface area (Å²) in [7, 11) is 0. The summed E-state index contributed by atoms with van der Waals surface area (Å²) in [6, 6.07) is 0. The van der Waals surface area contributed by atoms with Gasteiger partial charge in [-0.15, -0.1) is 0 Å². The second kappa shape index (κ2) is 7.47. The van der Waals surface area contributed by atoms with Crippen molar-refractivity contribution in [1.82, 2.24) is 20.2 Å². The van der Waals surface area contributed by atoms with Crippen LogP contribution in [0.1, 0.15) is 31.0 Å². The van der Waals surface area contributed by atoms with Gasteiger partial charge in [-0.05, 0) is 31.7 Å². The smallest absolute Gasteiger partial charge is 0.242 e. The number of anilines is 2. The summed E-state index contributed by atoms with van der Waals surface area (Å²) in [5.41, 5.74) is 8.81. The average Bonchev–Trinajstić information content (AvgIpc) is 2.89. The van der Waals surface area contributed by atoms with Crippen LogP contribution in [0.4, 0.5) is 11.5 Å². The highest BCUT2D eigenvalue weighted by Crippen LogP contribution is 2.24. The van der Waals surface area contributed by atoms with Crippen molar-refractivity contribution in [3.63, 3.8) is 0 Å². The second-order valence-electron chi connectivity index (χ2n) is 4.84. The van der Waals surface area contributed by atoms with E-state index in [-0.39, 0.29) is 0 Å². The number of hydrogen-bond acceptors (Lipinski definition) is 6. The van der Waals surface area contributed by atoms with Crippen molar-refractivity contribution < 1.29 is 4.74 Å². The predicted octanol–water partition coefficient (Wildman–Crippen LogP) is 1.92. The maximum Gasteiger partial charge on any atom is 0.242 e. The Hall–Kier alpha value is -2.31. The Kier molecular flexibility index (Phi) is 5.36. The Morgan fingerprint density at radius 3 is 2.95 bits per heavy atom. The molecule has 4 N–H and O–H groups in total. The van der Waals surface area contributed by atoms with Crippen LogP contribution in [0.5, 0.6) is 5.88 Å². The van der Waals surface area contributed by atoms with E-state index in [1.807, 2.05) is 20.0 Å². The minimum absolute atomic E-state index is 0.444. The topological polar surface area (TPSA) is 102 Å². The fourth-order valence-electron chi connectivity index (χ4n) is 1.95. The maximum atomic E-state index is 6.00. The van der Waals surface area contributed by atoms with Crippen molar-refractivity contribution >= 4 is 11.5 Å². The summed E-state index contributed by atoms with van der Waals surface area (Å²) in [6.45, 7) is 5.43.